The molecule has 1 rings (SSSR count). The molecule has 0 saturated carbocycles. The zero-order chi connectivity index (χ0) is 10.8. The van der Waals surface area contributed by atoms with Gasteiger partial charge in [0.1, 0.15) is 0 Å². The van der Waals surface area contributed by atoms with Gasteiger partial charge >= 0.3 is 5.97 Å². The highest BCUT2D eigenvalue weighted by Gasteiger charge is 2.39. The van der Waals surface area contributed by atoms with E-state index < -0.39 is 11.4 Å². The summed E-state index contributed by atoms with van der Waals surface area (Å²) in [4.78, 5) is 11.0. The van der Waals surface area contributed by atoms with Gasteiger partial charge in [0, 0.05) is 6.04 Å². The minimum atomic E-state index is -0.803. The van der Waals surface area contributed by atoms with E-state index in [2.05, 4.69) is 0 Å². The van der Waals surface area contributed by atoms with Gasteiger partial charge in [-0.15, -0.1) is 0 Å². The molecule has 1 heterocycles. The maximum Gasteiger partial charge on any atom is 0.310 e. The molecule has 1 aliphatic rings. The summed E-state index contributed by atoms with van der Waals surface area (Å²) in [5, 5.41) is 9.06. The lowest BCUT2D eigenvalue weighted by Crippen LogP contribution is -2.49. The second-order valence-corrected chi connectivity index (χ2v) is 5.68. The van der Waals surface area contributed by atoms with Gasteiger partial charge in [0.05, 0.1) is 5.41 Å². The Balaban J connectivity index is 2.62. The number of carboxylic acid groups (broad SMARTS) is 1. The molecule has 14 heavy (non-hydrogen) atoms. The molecule has 0 radical (unpaired) electrons. The summed E-state index contributed by atoms with van der Waals surface area (Å²) in [6.07, 6.45) is 2.24. The van der Waals surface area contributed by atoms with Crippen LogP contribution in [-0.2, 0) is 4.79 Å². The summed E-state index contributed by atoms with van der Waals surface area (Å²) in [5.41, 5.74) is 5.23. The molecular weight excluding hydrogens is 198 g/mol. The Labute approximate surface area is 89.4 Å². The minimum Gasteiger partial charge on any atom is -0.481 e. The van der Waals surface area contributed by atoms with Crippen molar-refractivity contribution in [3.05, 3.63) is 0 Å². The number of hydrogen-bond acceptors (Lipinski definition) is 3. The Bertz CT molecular complexity index is 212. The molecule has 1 saturated heterocycles. The maximum atomic E-state index is 11.0. The van der Waals surface area contributed by atoms with Crippen LogP contribution < -0.4 is 5.73 Å². The third-order valence-corrected chi connectivity index (χ3v) is 4.33. The average molecular weight is 217 g/mol. The molecule has 0 aromatic carbocycles. The molecule has 1 aliphatic heterocycles. The van der Waals surface area contributed by atoms with Crippen LogP contribution >= 0.6 is 11.8 Å². The third kappa shape index (κ3) is 2.42. The molecule has 0 amide bonds. The van der Waals surface area contributed by atoms with Gasteiger partial charge in [-0.2, -0.15) is 11.8 Å². The van der Waals surface area contributed by atoms with E-state index in [1.54, 1.807) is 13.8 Å². The SMILES string of the molecule is CC(C)(C(=O)O)C(N)C1CCCSC1. The fourth-order valence-corrected chi connectivity index (χ4v) is 2.99. The van der Waals surface area contributed by atoms with Crippen LogP contribution in [0.25, 0.3) is 0 Å². The Morgan fingerprint density at radius 2 is 2.29 bits per heavy atom. The largest absolute Gasteiger partial charge is 0.481 e. The van der Waals surface area contributed by atoms with Crippen LogP contribution in [-0.4, -0.2) is 28.6 Å². The van der Waals surface area contributed by atoms with Crippen molar-refractivity contribution in [2.45, 2.75) is 32.7 Å². The maximum absolute atomic E-state index is 11.0. The van der Waals surface area contributed by atoms with Gasteiger partial charge in [-0.1, -0.05) is 0 Å². The minimum absolute atomic E-state index is 0.229. The van der Waals surface area contributed by atoms with Crippen LogP contribution in [0.15, 0.2) is 0 Å². The van der Waals surface area contributed by atoms with E-state index >= 15 is 0 Å². The summed E-state index contributed by atoms with van der Waals surface area (Å²) in [7, 11) is 0. The second-order valence-electron chi connectivity index (χ2n) is 4.53. The van der Waals surface area contributed by atoms with Gasteiger partial charge in [-0.25, -0.2) is 0 Å². The molecule has 2 atom stereocenters. The lowest BCUT2D eigenvalue weighted by Gasteiger charge is -2.35. The van der Waals surface area contributed by atoms with Gasteiger partial charge in [0.25, 0.3) is 0 Å². The first-order valence-corrected chi connectivity index (χ1v) is 6.18. The highest BCUT2D eigenvalue weighted by atomic mass is 32.2. The molecule has 4 heteroatoms. The number of nitrogens with two attached hydrogens (primary N) is 1. The first kappa shape index (κ1) is 11.9. The number of rotatable bonds is 3. The van der Waals surface area contributed by atoms with Crippen molar-refractivity contribution >= 4 is 17.7 Å². The van der Waals surface area contributed by atoms with Crippen molar-refractivity contribution in [1.29, 1.82) is 0 Å². The third-order valence-electron chi connectivity index (χ3n) is 3.09. The van der Waals surface area contributed by atoms with E-state index in [0.717, 1.165) is 12.2 Å². The number of carbonyl (C=O) groups is 1. The smallest absolute Gasteiger partial charge is 0.310 e. The van der Waals surface area contributed by atoms with E-state index in [0.29, 0.717) is 5.92 Å². The fourth-order valence-electron chi connectivity index (χ4n) is 1.78. The van der Waals surface area contributed by atoms with Crippen molar-refractivity contribution in [3.8, 4) is 0 Å². The predicted octanol–water partition coefficient (Wildman–Crippen LogP) is 1.57. The number of aliphatic carboxylic acids is 1. The van der Waals surface area contributed by atoms with Gasteiger partial charge in [-0.05, 0) is 44.1 Å². The molecule has 2 unspecified atom stereocenters. The van der Waals surface area contributed by atoms with Crippen molar-refractivity contribution < 1.29 is 9.90 Å². The summed E-state index contributed by atoms with van der Waals surface area (Å²) >= 11 is 1.89. The molecule has 1 fully saturated rings. The number of hydrogen-bond donors (Lipinski definition) is 2. The number of thioether (sulfide) groups is 1. The summed E-state index contributed by atoms with van der Waals surface area (Å²) < 4.78 is 0. The van der Waals surface area contributed by atoms with E-state index in [1.165, 1.54) is 12.2 Å². The number of carboxylic acids is 1. The molecule has 0 aromatic heterocycles. The van der Waals surface area contributed by atoms with Crippen LogP contribution in [0.2, 0.25) is 0 Å². The van der Waals surface area contributed by atoms with Gasteiger partial charge in [0.2, 0.25) is 0 Å². The molecule has 82 valence electrons. The molecule has 0 aromatic rings. The highest BCUT2D eigenvalue weighted by Crippen LogP contribution is 2.32. The van der Waals surface area contributed by atoms with Gasteiger partial charge < -0.3 is 10.8 Å². The van der Waals surface area contributed by atoms with E-state index in [4.69, 9.17) is 10.8 Å². The summed E-state index contributed by atoms with van der Waals surface area (Å²) in [6.45, 7) is 3.44. The molecular formula is C10H19NO2S. The van der Waals surface area contributed by atoms with Gasteiger partial charge in [0.15, 0.2) is 0 Å². The Morgan fingerprint density at radius 3 is 2.71 bits per heavy atom. The predicted molar refractivity (Wildman–Crippen MR) is 59.4 cm³/mol. The monoisotopic (exact) mass is 217 g/mol. The topological polar surface area (TPSA) is 63.3 Å². The summed E-state index contributed by atoms with van der Waals surface area (Å²) in [5.74, 6) is 1.77. The Morgan fingerprint density at radius 1 is 1.64 bits per heavy atom. The molecule has 0 spiro atoms. The zero-order valence-electron chi connectivity index (χ0n) is 8.82. The van der Waals surface area contributed by atoms with Crippen LogP contribution in [0.1, 0.15) is 26.7 Å². The Hall–Kier alpha value is -0.220. The molecule has 0 bridgehead atoms. The second kappa shape index (κ2) is 4.53. The van der Waals surface area contributed by atoms with Crippen LogP contribution in [0, 0.1) is 11.3 Å². The van der Waals surface area contributed by atoms with E-state index in [-0.39, 0.29) is 6.04 Å². The quantitative estimate of drug-likeness (QED) is 0.753. The standard InChI is InChI=1S/C10H19NO2S/c1-10(2,9(12)13)8(11)7-4-3-5-14-6-7/h7-8H,3-6,11H2,1-2H3,(H,12,13). The average Bonchev–Trinajstić information content (AvgIpc) is 2.17. The molecule has 0 aliphatic carbocycles. The van der Waals surface area contributed by atoms with Crippen molar-refractivity contribution in [1.82, 2.24) is 0 Å². The van der Waals surface area contributed by atoms with Crippen molar-refractivity contribution in [2.24, 2.45) is 17.1 Å². The summed E-state index contributed by atoms with van der Waals surface area (Å²) in [6, 6.07) is -0.229. The Kier molecular flexibility index (Phi) is 3.84. The first-order valence-electron chi connectivity index (χ1n) is 5.03. The lowest BCUT2D eigenvalue weighted by molar-refractivity contribution is -0.148. The van der Waals surface area contributed by atoms with Crippen LogP contribution in [0.4, 0.5) is 0 Å². The normalized spacial score (nSPS) is 25.8. The van der Waals surface area contributed by atoms with Crippen LogP contribution in [0.5, 0.6) is 0 Å². The van der Waals surface area contributed by atoms with Crippen LogP contribution in [0.3, 0.4) is 0 Å². The highest BCUT2D eigenvalue weighted by molar-refractivity contribution is 7.99. The zero-order valence-corrected chi connectivity index (χ0v) is 9.64. The van der Waals surface area contributed by atoms with E-state index in [9.17, 15) is 4.79 Å². The van der Waals surface area contributed by atoms with Crippen molar-refractivity contribution in [3.63, 3.8) is 0 Å². The van der Waals surface area contributed by atoms with E-state index in [1.807, 2.05) is 11.8 Å². The molecule has 3 N–H and O–H groups in total. The van der Waals surface area contributed by atoms with Gasteiger partial charge in [-0.3, -0.25) is 4.79 Å². The fraction of sp³-hybridized carbons (Fsp3) is 0.900. The first-order chi connectivity index (χ1) is 6.46. The lowest BCUT2D eigenvalue weighted by atomic mass is 9.77. The molecule has 3 nitrogen and oxygen atoms in total. The van der Waals surface area contributed by atoms with Crippen molar-refractivity contribution in [2.75, 3.05) is 11.5 Å².